The first kappa shape index (κ1) is 27.5. The molecule has 0 saturated carbocycles. The molecule has 8 rings (SSSR count). The average molecular weight is 582 g/mol. The summed E-state index contributed by atoms with van der Waals surface area (Å²) in [6.45, 7) is 0. The molecule has 6 aromatic rings. The van der Waals surface area contributed by atoms with E-state index in [9.17, 15) is 0 Å². The van der Waals surface area contributed by atoms with Crippen molar-refractivity contribution in [2.75, 3.05) is 0 Å². The van der Waals surface area contributed by atoms with Gasteiger partial charge < -0.3 is 0 Å². The van der Waals surface area contributed by atoms with Gasteiger partial charge in [0.05, 0.1) is 29.4 Å². The van der Waals surface area contributed by atoms with Crippen LogP contribution in [0.5, 0.6) is 0 Å². The molecular formula is C42H35N3. The fraction of sp³-hybridized carbons (Fsp3) is 0.119. The summed E-state index contributed by atoms with van der Waals surface area (Å²) in [5.74, 6) is 0. The van der Waals surface area contributed by atoms with Gasteiger partial charge in [0.25, 0.3) is 0 Å². The Labute approximate surface area is 265 Å². The van der Waals surface area contributed by atoms with Crippen LogP contribution in [0.4, 0.5) is 0 Å². The second-order valence-electron chi connectivity index (χ2n) is 11.9. The fourth-order valence-electron chi connectivity index (χ4n) is 7.70. The monoisotopic (exact) mass is 581 g/mol. The van der Waals surface area contributed by atoms with Gasteiger partial charge in [0.2, 0.25) is 0 Å². The first-order valence-corrected chi connectivity index (χ1v) is 15.8. The zero-order valence-corrected chi connectivity index (χ0v) is 25.0. The van der Waals surface area contributed by atoms with Gasteiger partial charge >= 0.3 is 0 Å². The van der Waals surface area contributed by atoms with E-state index in [2.05, 4.69) is 192 Å². The molecule has 0 radical (unpaired) electrons. The summed E-state index contributed by atoms with van der Waals surface area (Å²) in [4.78, 5) is 8.52. The second-order valence-corrected chi connectivity index (χ2v) is 11.9. The van der Waals surface area contributed by atoms with Crippen molar-refractivity contribution in [2.24, 2.45) is 4.99 Å². The lowest BCUT2D eigenvalue weighted by Gasteiger charge is -2.62. The van der Waals surface area contributed by atoms with Crippen LogP contribution in [0.2, 0.25) is 0 Å². The quantitative estimate of drug-likeness (QED) is 0.212. The Bertz CT molecular complexity index is 1880. The van der Waals surface area contributed by atoms with Crippen LogP contribution in [-0.4, -0.2) is 10.6 Å². The Morgan fingerprint density at radius 1 is 0.467 bits per heavy atom. The summed E-state index contributed by atoms with van der Waals surface area (Å²) in [6.07, 6.45) is -0.331. The Morgan fingerprint density at radius 2 is 0.911 bits per heavy atom. The van der Waals surface area contributed by atoms with E-state index in [-0.39, 0.29) is 24.4 Å². The Balaban J connectivity index is 1.54. The molecule has 2 heterocycles. The second kappa shape index (κ2) is 11.8. The van der Waals surface area contributed by atoms with Gasteiger partial charge in [0, 0.05) is 0 Å². The number of hydrogen-bond donors (Lipinski definition) is 1. The highest BCUT2D eigenvalue weighted by Gasteiger charge is 2.62. The van der Waals surface area contributed by atoms with Crippen LogP contribution in [0.25, 0.3) is 0 Å². The Kier molecular flexibility index (Phi) is 7.19. The molecule has 1 saturated heterocycles. The highest BCUT2D eigenvalue weighted by Crippen LogP contribution is 2.61. The topological polar surface area (TPSA) is 27.6 Å². The van der Waals surface area contributed by atoms with Crippen molar-refractivity contribution >= 4 is 5.71 Å². The van der Waals surface area contributed by atoms with Crippen molar-refractivity contribution in [1.29, 1.82) is 0 Å². The van der Waals surface area contributed by atoms with Crippen molar-refractivity contribution in [1.82, 2.24) is 10.2 Å². The van der Waals surface area contributed by atoms with Gasteiger partial charge in [-0.1, -0.05) is 182 Å². The summed E-state index contributed by atoms with van der Waals surface area (Å²) in [5, 5.41) is 4.27. The highest BCUT2D eigenvalue weighted by atomic mass is 15.4. The third-order valence-electron chi connectivity index (χ3n) is 9.49. The zero-order chi connectivity index (χ0) is 30.1. The normalized spacial score (nSPS) is 25.7. The molecule has 0 aliphatic carbocycles. The lowest BCUT2D eigenvalue weighted by atomic mass is 9.57. The van der Waals surface area contributed by atoms with E-state index < -0.39 is 5.41 Å². The molecule has 3 nitrogen and oxygen atoms in total. The number of benzene rings is 6. The number of aliphatic imine (C=N–C) groups is 1. The van der Waals surface area contributed by atoms with E-state index in [1.807, 2.05) is 0 Å². The lowest BCUT2D eigenvalue weighted by molar-refractivity contribution is -0.0416. The van der Waals surface area contributed by atoms with Crippen molar-refractivity contribution in [3.8, 4) is 0 Å². The number of nitrogens with one attached hydrogen (secondary N) is 1. The summed E-state index contributed by atoms with van der Waals surface area (Å²) >= 11 is 0. The molecule has 218 valence electrons. The van der Waals surface area contributed by atoms with E-state index in [1.54, 1.807) is 0 Å². The fourth-order valence-corrected chi connectivity index (χ4v) is 7.70. The van der Waals surface area contributed by atoms with Crippen molar-refractivity contribution in [3.63, 3.8) is 0 Å². The third kappa shape index (κ3) is 4.64. The first-order valence-electron chi connectivity index (χ1n) is 15.8. The van der Waals surface area contributed by atoms with Crippen LogP contribution in [0.15, 0.2) is 187 Å². The molecule has 1 fully saturated rings. The molecule has 1 N–H and O–H groups in total. The Hall–Kier alpha value is -5.09. The average Bonchev–Trinajstić information content (AvgIpc) is 3.13. The molecule has 0 amide bonds. The molecule has 0 aromatic heterocycles. The third-order valence-corrected chi connectivity index (χ3v) is 9.49. The number of nitrogens with zero attached hydrogens (tertiary/aromatic N) is 2. The summed E-state index contributed by atoms with van der Waals surface area (Å²) < 4.78 is 0. The maximum Gasteiger partial charge on any atom is 0.130 e. The van der Waals surface area contributed by atoms with Gasteiger partial charge in [0.15, 0.2) is 0 Å². The highest BCUT2D eigenvalue weighted by molar-refractivity contribution is 6.10. The predicted molar refractivity (Wildman–Crippen MR) is 183 cm³/mol. The number of rotatable bonds is 6. The van der Waals surface area contributed by atoms with Gasteiger partial charge in [0.1, 0.15) is 6.17 Å². The predicted octanol–water partition coefficient (Wildman–Crippen LogP) is 9.21. The minimum Gasteiger partial charge on any atom is -0.290 e. The molecule has 6 atom stereocenters. The Morgan fingerprint density at radius 3 is 1.47 bits per heavy atom. The molecule has 6 unspecified atom stereocenters. The van der Waals surface area contributed by atoms with Crippen molar-refractivity contribution < 1.29 is 0 Å². The SMILES string of the molecule is c1ccc(C2=NC(c3ccccc3)N3C(c4ccccc4)NC(c4ccccc4)C2(c2ccccc2)C3c2ccccc2)cc1. The van der Waals surface area contributed by atoms with Crippen LogP contribution < -0.4 is 5.32 Å². The van der Waals surface area contributed by atoms with Crippen LogP contribution in [0, 0.1) is 0 Å². The molecule has 6 aromatic carbocycles. The maximum absolute atomic E-state index is 5.89. The zero-order valence-electron chi connectivity index (χ0n) is 25.0. The molecule has 3 heteroatoms. The van der Waals surface area contributed by atoms with E-state index in [1.165, 1.54) is 27.8 Å². The molecule has 45 heavy (non-hydrogen) atoms. The lowest BCUT2D eigenvalue weighted by Crippen LogP contribution is -2.66. The molecule has 2 aliphatic rings. The van der Waals surface area contributed by atoms with Crippen LogP contribution in [-0.2, 0) is 5.41 Å². The summed E-state index contributed by atoms with van der Waals surface area (Å²) in [5.41, 5.74) is 7.81. The maximum atomic E-state index is 5.89. The van der Waals surface area contributed by atoms with Gasteiger partial charge in [-0.3, -0.25) is 10.3 Å². The van der Waals surface area contributed by atoms with Gasteiger partial charge in [-0.15, -0.1) is 0 Å². The van der Waals surface area contributed by atoms with Gasteiger partial charge in [-0.05, 0) is 33.4 Å². The van der Waals surface area contributed by atoms with E-state index in [0.717, 1.165) is 11.3 Å². The van der Waals surface area contributed by atoms with Crippen LogP contribution in [0.3, 0.4) is 0 Å². The first-order chi connectivity index (χ1) is 22.4. The number of fused-ring (bicyclic) bond motifs is 2. The molecular weight excluding hydrogens is 546 g/mol. The molecule has 2 aliphatic heterocycles. The van der Waals surface area contributed by atoms with E-state index >= 15 is 0 Å². The van der Waals surface area contributed by atoms with Crippen molar-refractivity contribution in [3.05, 3.63) is 215 Å². The van der Waals surface area contributed by atoms with Crippen molar-refractivity contribution in [2.45, 2.75) is 29.8 Å². The van der Waals surface area contributed by atoms with E-state index in [0.29, 0.717) is 0 Å². The molecule has 2 bridgehead atoms. The van der Waals surface area contributed by atoms with Crippen LogP contribution >= 0.6 is 0 Å². The smallest absolute Gasteiger partial charge is 0.130 e. The standard InChI is InChI=1S/C42H35N3/c1-7-19-31(20-8-1)37-42(36-29-17-6-18-30-36)38(32-21-9-2-10-22-32)44-41(35-27-15-5-16-28-35)45(39(42)33-23-11-3-12-24-33)40(43-37)34-25-13-4-14-26-34/h1-30,37,39-41,43H. The van der Waals surface area contributed by atoms with Crippen LogP contribution in [0.1, 0.15) is 57.8 Å². The minimum absolute atomic E-state index is 0.0596. The summed E-state index contributed by atoms with van der Waals surface area (Å²) in [7, 11) is 0. The largest absolute Gasteiger partial charge is 0.290 e. The van der Waals surface area contributed by atoms with Gasteiger partial charge in [-0.25, -0.2) is 4.90 Å². The van der Waals surface area contributed by atoms with Gasteiger partial charge in [-0.2, -0.15) is 0 Å². The molecule has 0 spiro atoms. The minimum atomic E-state index is -0.581. The number of hydrogen-bond acceptors (Lipinski definition) is 3. The summed E-state index contributed by atoms with van der Waals surface area (Å²) in [6, 6.07) is 65.5. The van der Waals surface area contributed by atoms with E-state index in [4.69, 9.17) is 4.99 Å².